The van der Waals surface area contributed by atoms with E-state index in [1.54, 1.807) is 0 Å². The molecule has 0 radical (unpaired) electrons. The number of primary amides is 1. The van der Waals surface area contributed by atoms with Crippen molar-refractivity contribution in [3.8, 4) is 0 Å². The summed E-state index contributed by atoms with van der Waals surface area (Å²) in [6.45, 7) is 0.953. The summed E-state index contributed by atoms with van der Waals surface area (Å²) < 4.78 is 0. The maximum absolute atomic E-state index is 12.7. The van der Waals surface area contributed by atoms with Crippen molar-refractivity contribution >= 4 is 35.6 Å². The molecule has 0 bridgehead atoms. The van der Waals surface area contributed by atoms with Crippen LogP contribution >= 0.6 is 0 Å². The minimum Gasteiger partial charge on any atom is -0.480 e. The molecule has 12 N–H and O–H groups in total. The standard InChI is InChI=1S/C16H30N8O6/c1-8(17)13(28)23-9(3-2-6-21-16(19)20)15(30)24-10(4-5-11(18)25)14(29)22-7-12(26)27/h8-10H,2-7,17H2,1H3,(H2,18,25)(H,22,29)(H,23,28)(H,24,30)(H,26,27)(H4,19,20,21). The number of nitrogens with one attached hydrogen (secondary N) is 3. The second-order valence-electron chi connectivity index (χ2n) is 6.48. The number of guanidine groups is 1. The van der Waals surface area contributed by atoms with Gasteiger partial charge in [0.15, 0.2) is 5.96 Å². The maximum Gasteiger partial charge on any atom is 0.322 e. The normalized spacial score (nSPS) is 13.3. The van der Waals surface area contributed by atoms with Crippen LogP contribution in [0.5, 0.6) is 0 Å². The Morgan fingerprint density at radius 3 is 2.00 bits per heavy atom. The van der Waals surface area contributed by atoms with Gasteiger partial charge in [-0.05, 0) is 26.2 Å². The van der Waals surface area contributed by atoms with Crippen molar-refractivity contribution < 1.29 is 29.1 Å². The fourth-order valence-corrected chi connectivity index (χ4v) is 2.19. The van der Waals surface area contributed by atoms with Gasteiger partial charge < -0.3 is 44.0 Å². The highest BCUT2D eigenvalue weighted by molar-refractivity contribution is 5.93. The van der Waals surface area contributed by atoms with E-state index in [1.165, 1.54) is 6.92 Å². The predicted octanol–water partition coefficient (Wildman–Crippen LogP) is -4.18. The van der Waals surface area contributed by atoms with Crippen LogP contribution in [0.25, 0.3) is 0 Å². The second-order valence-corrected chi connectivity index (χ2v) is 6.48. The molecule has 0 fully saturated rings. The molecule has 14 heteroatoms. The molecule has 0 aromatic rings. The third kappa shape index (κ3) is 12.1. The topological polar surface area (TPSA) is 258 Å². The molecule has 170 valence electrons. The number of nitrogens with zero attached hydrogens (tertiary/aromatic N) is 1. The Balaban J connectivity index is 5.25. The minimum absolute atomic E-state index is 0.125. The highest BCUT2D eigenvalue weighted by Crippen LogP contribution is 2.03. The monoisotopic (exact) mass is 430 g/mol. The van der Waals surface area contributed by atoms with Crippen LogP contribution in [-0.4, -0.2) is 71.9 Å². The Labute approximate surface area is 173 Å². The molecule has 30 heavy (non-hydrogen) atoms. The number of carboxylic acid groups (broad SMARTS) is 1. The van der Waals surface area contributed by atoms with E-state index in [2.05, 4.69) is 20.9 Å². The lowest BCUT2D eigenvalue weighted by Crippen LogP contribution is -2.55. The van der Waals surface area contributed by atoms with Crippen LogP contribution < -0.4 is 38.9 Å². The first-order valence-electron chi connectivity index (χ1n) is 9.13. The molecule has 0 saturated heterocycles. The molecule has 0 aromatic heterocycles. The van der Waals surface area contributed by atoms with Crippen molar-refractivity contribution in [3.63, 3.8) is 0 Å². The smallest absolute Gasteiger partial charge is 0.322 e. The van der Waals surface area contributed by atoms with Gasteiger partial charge in [-0.2, -0.15) is 0 Å². The summed E-state index contributed by atoms with van der Waals surface area (Å²) in [4.78, 5) is 62.2. The van der Waals surface area contributed by atoms with Gasteiger partial charge in [0.25, 0.3) is 0 Å². The largest absolute Gasteiger partial charge is 0.480 e. The molecule has 0 rings (SSSR count). The van der Waals surface area contributed by atoms with Gasteiger partial charge in [0.05, 0.1) is 6.04 Å². The van der Waals surface area contributed by atoms with Crippen molar-refractivity contribution in [1.29, 1.82) is 0 Å². The summed E-state index contributed by atoms with van der Waals surface area (Å²) >= 11 is 0. The molecular formula is C16H30N8O6. The highest BCUT2D eigenvalue weighted by Gasteiger charge is 2.27. The zero-order valence-electron chi connectivity index (χ0n) is 16.7. The second kappa shape index (κ2) is 13.7. The Morgan fingerprint density at radius 2 is 1.50 bits per heavy atom. The average molecular weight is 430 g/mol. The third-order valence-electron chi connectivity index (χ3n) is 3.72. The number of hydrogen-bond acceptors (Lipinski definition) is 7. The summed E-state index contributed by atoms with van der Waals surface area (Å²) in [6.07, 6.45) is 0.0635. The first kappa shape index (κ1) is 26.6. The molecule has 3 atom stereocenters. The number of carbonyl (C=O) groups is 5. The zero-order valence-corrected chi connectivity index (χ0v) is 16.7. The van der Waals surface area contributed by atoms with Gasteiger partial charge >= 0.3 is 5.97 Å². The molecule has 0 aliphatic heterocycles. The van der Waals surface area contributed by atoms with E-state index < -0.39 is 54.3 Å². The molecule has 0 aromatic carbocycles. The summed E-state index contributed by atoms with van der Waals surface area (Å²) in [6, 6.07) is -3.19. The predicted molar refractivity (Wildman–Crippen MR) is 106 cm³/mol. The fraction of sp³-hybridized carbons (Fsp3) is 0.625. The molecule has 0 spiro atoms. The van der Waals surface area contributed by atoms with Gasteiger partial charge in [-0.25, -0.2) is 0 Å². The van der Waals surface area contributed by atoms with Crippen LogP contribution in [0.15, 0.2) is 4.99 Å². The van der Waals surface area contributed by atoms with E-state index in [0.717, 1.165) is 0 Å². The highest BCUT2D eigenvalue weighted by atomic mass is 16.4. The number of hydrogen-bond donors (Lipinski definition) is 8. The maximum atomic E-state index is 12.7. The van der Waals surface area contributed by atoms with Crippen LogP contribution in [0.2, 0.25) is 0 Å². The number of amides is 4. The van der Waals surface area contributed by atoms with E-state index in [4.69, 9.17) is 28.0 Å². The summed E-state index contributed by atoms with van der Waals surface area (Å²) in [5.74, 6) is -4.26. The first-order chi connectivity index (χ1) is 13.9. The van der Waals surface area contributed by atoms with E-state index in [-0.39, 0.29) is 31.8 Å². The Kier molecular flexibility index (Phi) is 12.1. The lowest BCUT2D eigenvalue weighted by Gasteiger charge is -2.23. The molecule has 0 heterocycles. The number of rotatable bonds is 14. The molecular weight excluding hydrogens is 400 g/mol. The van der Waals surface area contributed by atoms with Gasteiger partial charge in [-0.15, -0.1) is 0 Å². The number of carbonyl (C=O) groups excluding carboxylic acids is 4. The molecule has 4 amide bonds. The van der Waals surface area contributed by atoms with Crippen molar-refractivity contribution in [2.45, 2.75) is 50.7 Å². The van der Waals surface area contributed by atoms with Crippen molar-refractivity contribution in [2.75, 3.05) is 13.1 Å². The summed E-state index contributed by atoms with van der Waals surface area (Å²) in [5.41, 5.74) is 21.1. The molecule has 0 aliphatic rings. The number of aliphatic carboxylic acids is 1. The molecule has 14 nitrogen and oxygen atoms in total. The zero-order chi connectivity index (χ0) is 23.3. The SMILES string of the molecule is CC(N)C(=O)NC(CCCN=C(N)N)C(=O)NC(CCC(N)=O)C(=O)NCC(=O)O. The molecule has 3 unspecified atom stereocenters. The lowest BCUT2D eigenvalue weighted by atomic mass is 10.1. The molecule has 0 aliphatic carbocycles. The van der Waals surface area contributed by atoms with Crippen LogP contribution in [0, 0.1) is 0 Å². The number of aliphatic imine (C=N–C) groups is 1. The number of nitrogens with two attached hydrogens (primary N) is 4. The first-order valence-corrected chi connectivity index (χ1v) is 9.13. The van der Waals surface area contributed by atoms with Gasteiger partial charge in [0.1, 0.15) is 18.6 Å². The Hall–Kier alpha value is -3.42. The van der Waals surface area contributed by atoms with Gasteiger partial charge in [0.2, 0.25) is 23.6 Å². The van der Waals surface area contributed by atoms with E-state index in [9.17, 15) is 24.0 Å². The van der Waals surface area contributed by atoms with Crippen LogP contribution in [-0.2, 0) is 24.0 Å². The van der Waals surface area contributed by atoms with Crippen molar-refractivity contribution in [2.24, 2.45) is 27.9 Å². The van der Waals surface area contributed by atoms with Gasteiger partial charge in [0, 0.05) is 13.0 Å². The quantitative estimate of drug-likeness (QED) is 0.0753. The van der Waals surface area contributed by atoms with Gasteiger partial charge in [-0.3, -0.25) is 29.0 Å². The van der Waals surface area contributed by atoms with E-state index >= 15 is 0 Å². The van der Waals surface area contributed by atoms with Crippen molar-refractivity contribution in [3.05, 3.63) is 0 Å². The third-order valence-corrected chi connectivity index (χ3v) is 3.72. The van der Waals surface area contributed by atoms with Crippen LogP contribution in [0.4, 0.5) is 0 Å². The number of carboxylic acids is 1. The minimum atomic E-state index is -1.29. The van der Waals surface area contributed by atoms with Crippen LogP contribution in [0.1, 0.15) is 32.6 Å². The summed E-state index contributed by atoms with van der Waals surface area (Å²) in [7, 11) is 0. The molecule has 0 saturated carbocycles. The summed E-state index contributed by atoms with van der Waals surface area (Å²) in [5, 5.41) is 15.7. The van der Waals surface area contributed by atoms with Crippen molar-refractivity contribution in [1.82, 2.24) is 16.0 Å². The average Bonchev–Trinajstić information content (AvgIpc) is 2.64. The van der Waals surface area contributed by atoms with Crippen LogP contribution in [0.3, 0.4) is 0 Å². The van der Waals surface area contributed by atoms with E-state index in [0.29, 0.717) is 6.42 Å². The fourth-order valence-electron chi connectivity index (χ4n) is 2.19. The Morgan fingerprint density at radius 1 is 0.933 bits per heavy atom. The van der Waals surface area contributed by atoms with Gasteiger partial charge in [-0.1, -0.05) is 0 Å². The lowest BCUT2D eigenvalue weighted by molar-refractivity contribution is -0.138. The van der Waals surface area contributed by atoms with E-state index in [1.807, 2.05) is 0 Å². The Bertz CT molecular complexity index is 662.